The number of nitrogens with zero attached hydrogens (tertiary/aromatic N) is 1. The van der Waals surface area contributed by atoms with Gasteiger partial charge in [0.1, 0.15) is 12.1 Å². The van der Waals surface area contributed by atoms with Gasteiger partial charge in [-0.05, 0) is 43.0 Å². The van der Waals surface area contributed by atoms with Gasteiger partial charge in [-0.2, -0.15) is 0 Å². The zero-order valence-electron chi connectivity index (χ0n) is 19.8. The lowest BCUT2D eigenvalue weighted by molar-refractivity contribution is -0.145. The van der Waals surface area contributed by atoms with Crippen LogP contribution < -0.4 is 10.7 Å². The molecule has 0 unspecified atom stereocenters. The Balaban J connectivity index is 1.60. The summed E-state index contributed by atoms with van der Waals surface area (Å²) in [4.78, 5) is 54.8. The number of unbranched alkanes of at least 4 members (excludes halogenated alkanes) is 1. The molecule has 0 fully saturated rings. The molecule has 36 heavy (non-hydrogen) atoms. The largest absolute Gasteiger partial charge is 0.467 e. The van der Waals surface area contributed by atoms with Crippen molar-refractivity contribution in [1.29, 1.82) is 0 Å². The van der Waals surface area contributed by atoms with Crippen molar-refractivity contribution in [3.63, 3.8) is 0 Å². The Kier molecular flexibility index (Phi) is 7.77. The number of hydrazine groups is 1. The lowest BCUT2D eigenvalue weighted by Gasteiger charge is -2.25. The molecule has 3 amide bonds. The second kappa shape index (κ2) is 11.1. The van der Waals surface area contributed by atoms with E-state index in [2.05, 4.69) is 15.7 Å². The van der Waals surface area contributed by atoms with E-state index in [1.807, 2.05) is 24.3 Å². The van der Waals surface area contributed by atoms with Crippen LogP contribution in [0, 0.1) is 0 Å². The van der Waals surface area contributed by atoms with Gasteiger partial charge in [-0.15, -0.1) is 0 Å². The number of hydrogen-bond donors (Lipinski definition) is 4. The van der Waals surface area contributed by atoms with Gasteiger partial charge < -0.3 is 20.1 Å². The molecule has 0 aliphatic carbocycles. The van der Waals surface area contributed by atoms with Crippen LogP contribution in [-0.2, 0) is 20.7 Å². The van der Waals surface area contributed by atoms with Gasteiger partial charge in [0.15, 0.2) is 0 Å². The molecular weight excluding hydrogens is 464 g/mol. The molecule has 2 atom stereocenters. The van der Waals surface area contributed by atoms with E-state index in [1.54, 1.807) is 30.5 Å². The number of aromatic nitrogens is 1. The molecule has 4 N–H and O–H groups in total. The number of aliphatic hydroxyl groups is 1. The Morgan fingerprint density at radius 1 is 1.00 bits per heavy atom. The summed E-state index contributed by atoms with van der Waals surface area (Å²) in [5.74, 6) is -2.30. The number of amides is 3. The number of aromatic amines is 1. The number of H-pyrrole nitrogens is 1. The molecule has 0 radical (unpaired) electrons. The first-order valence-corrected chi connectivity index (χ1v) is 11.7. The van der Waals surface area contributed by atoms with E-state index in [1.165, 1.54) is 7.11 Å². The highest BCUT2D eigenvalue weighted by molar-refractivity contribution is 6.21. The summed E-state index contributed by atoms with van der Waals surface area (Å²) in [7, 11) is 1.23. The number of nitrogens with one attached hydrogen (secondary N) is 3. The first-order chi connectivity index (χ1) is 17.4. The number of aliphatic hydroxyl groups excluding tert-OH is 1. The van der Waals surface area contributed by atoms with Crippen LogP contribution in [-0.4, -0.2) is 64.6 Å². The summed E-state index contributed by atoms with van der Waals surface area (Å²) >= 11 is 0. The van der Waals surface area contributed by atoms with Crippen LogP contribution >= 0.6 is 0 Å². The van der Waals surface area contributed by atoms with Crippen LogP contribution in [0.15, 0.2) is 54.7 Å². The zero-order chi connectivity index (χ0) is 25.7. The first-order valence-electron chi connectivity index (χ1n) is 11.7. The number of carbonyl (C=O) groups is 4. The molecule has 1 aromatic heterocycles. The molecule has 1 aliphatic rings. The third kappa shape index (κ3) is 5.14. The van der Waals surface area contributed by atoms with Gasteiger partial charge in [-0.1, -0.05) is 30.3 Å². The highest BCUT2D eigenvalue weighted by Gasteiger charge is 2.38. The number of imide groups is 1. The number of ether oxygens (including phenoxy) is 1. The van der Waals surface area contributed by atoms with Gasteiger partial charge in [0.2, 0.25) is 5.91 Å². The van der Waals surface area contributed by atoms with E-state index >= 15 is 0 Å². The molecule has 10 heteroatoms. The third-order valence-electron chi connectivity index (χ3n) is 6.20. The number of rotatable bonds is 11. The fourth-order valence-electron chi connectivity index (χ4n) is 4.30. The zero-order valence-corrected chi connectivity index (χ0v) is 19.8. The lowest BCUT2D eigenvalue weighted by atomic mass is 10.0. The molecule has 0 saturated carbocycles. The van der Waals surface area contributed by atoms with Gasteiger partial charge in [0.25, 0.3) is 11.8 Å². The molecule has 188 valence electrons. The highest BCUT2D eigenvalue weighted by atomic mass is 16.5. The molecular formula is C26H28N4O6. The van der Waals surface area contributed by atoms with Gasteiger partial charge in [0, 0.05) is 30.1 Å². The Hall–Kier alpha value is -4.02. The topological polar surface area (TPSA) is 141 Å². The van der Waals surface area contributed by atoms with Crippen LogP contribution in [0.4, 0.5) is 0 Å². The molecule has 0 saturated heterocycles. The Bertz CT molecular complexity index is 1250. The van der Waals surface area contributed by atoms with Gasteiger partial charge >= 0.3 is 5.97 Å². The molecule has 2 heterocycles. The number of hydrogen-bond acceptors (Lipinski definition) is 7. The average Bonchev–Trinajstić information content (AvgIpc) is 3.41. The molecule has 0 bridgehead atoms. The molecule has 1 aliphatic heterocycles. The van der Waals surface area contributed by atoms with Crippen molar-refractivity contribution in [3.05, 3.63) is 71.4 Å². The predicted octanol–water partition coefficient (Wildman–Crippen LogP) is 1.70. The van der Waals surface area contributed by atoms with Crippen LogP contribution in [0.25, 0.3) is 10.9 Å². The minimum atomic E-state index is -1.06. The van der Waals surface area contributed by atoms with Crippen molar-refractivity contribution in [2.24, 2.45) is 0 Å². The monoisotopic (exact) mass is 492 g/mol. The number of fused-ring (bicyclic) bond motifs is 2. The van der Waals surface area contributed by atoms with Crippen LogP contribution in [0.1, 0.15) is 45.5 Å². The quantitative estimate of drug-likeness (QED) is 0.181. The van der Waals surface area contributed by atoms with Crippen molar-refractivity contribution < 1.29 is 29.0 Å². The van der Waals surface area contributed by atoms with Gasteiger partial charge in [0.05, 0.1) is 18.2 Å². The summed E-state index contributed by atoms with van der Waals surface area (Å²) in [5, 5.41) is 13.5. The maximum atomic E-state index is 13.5. The number of carbonyl (C=O) groups excluding carboxylic acids is 4. The van der Waals surface area contributed by atoms with E-state index in [-0.39, 0.29) is 30.6 Å². The minimum absolute atomic E-state index is 0.0354. The SMILES string of the molecule is COC(=O)[C@H](CCCCO)NC(=O)[C@H](Cc1c[nH]c2ccccc12)NN1C(=O)c2ccccc2C1=O. The summed E-state index contributed by atoms with van der Waals surface area (Å²) < 4.78 is 4.84. The molecule has 3 aromatic rings. The number of benzene rings is 2. The second-order valence-electron chi connectivity index (χ2n) is 8.54. The minimum Gasteiger partial charge on any atom is -0.467 e. The van der Waals surface area contributed by atoms with Crippen LogP contribution in [0.5, 0.6) is 0 Å². The smallest absolute Gasteiger partial charge is 0.328 e. The van der Waals surface area contributed by atoms with Gasteiger partial charge in [-0.3, -0.25) is 14.4 Å². The molecule has 2 aromatic carbocycles. The second-order valence-corrected chi connectivity index (χ2v) is 8.54. The van der Waals surface area contributed by atoms with Crippen molar-refractivity contribution >= 4 is 34.6 Å². The van der Waals surface area contributed by atoms with Crippen molar-refractivity contribution in [2.75, 3.05) is 13.7 Å². The highest BCUT2D eigenvalue weighted by Crippen LogP contribution is 2.23. The van der Waals surface area contributed by atoms with Crippen LogP contribution in [0.3, 0.4) is 0 Å². The maximum Gasteiger partial charge on any atom is 0.328 e. The first kappa shape index (κ1) is 25.1. The van der Waals surface area contributed by atoms with Crippen LogP contribution in [0.2, 0.25) is 0 Å². The fourth-order valence-corrected chi connectivity index (χ4v) is 4.30. The van der Waals surface area contributed by atoms with Crippen molar-refractivity contribution in [1.82, 2.24) is 20.7 Å². The van der Waals surface area contributed by atoms with E-state index in [0.29, 0.717) is 12.8 Å². The predicted molar refractivity (Wildman–Crippen MR) is 131 cm³/mol. The Morgan fingerprint density at radius 2 is 1.67 bits per heavy atom. The van der Waals surface area contributed by atoms with E-state index in [4.69, 9.17) is 9.84 Å². The standard InChI is InChI=1S/C26H28N4O6/c1-36-26(35)21(12-6-7-13-31)28-23(32)22(14-16-15-27-20-11-5-4-8-17(16)20)29-30-24(33)18-9-2-3-10-19(18)25(30)34/h2-5,8-11,15,21-22,27,29,31H,6-7,12-14H2,1H3,(H,28,32)/t21-,22-/m0/s1. The van der Waals surface area contributed by atoms with E-state index in [9.17, 15) is 19.2 Å². The van der Waals surface area contributed by atoms with E-state index < -0.39 is 35.8 Å². The number of esters is 1. The normalized spacial score (nSPS) is 14.6. The van der Waals surface area contributed by atoms with Gasteiger partial charge in [-0.25, -0.2) is 15.2 Å². The third-order valence-corrected chi connectivity index (χ3v) is 6.20. The molecule has 4 rings (SSSR count). The Labute approximate surface area is 207 Å². The van der Waals surface area contributed by atoms with Crippen molar-refractivity contribution in [2.45, 2.75) is 37.8 Å². The summed E-state index contributed by atoms with van der Waals surface area (Å²) in [6.45, 7) is -0.0354. The maximum absolute atomic E-state index is 13.5. The average molecular weight is 493 g/mol. The van der Waals surface area contributed by atoms with Crippen molar-refractivity contribution in [3.8, 4) is 0 Å². The number of methoxy groups -OCH3 is 1. The lowest BCUT2D eigenvalue weighted by Crippen LogP contribution is -2.57. The van der Waals surface area contributed by atoms with E-state index in [0.717, 1.165) is 21.5 Å². The number of para-hydroxylation sites is 1. The fraction of sp³-hybridized carbons (Fsp3) is 0.308. The summed E-state index contributed by atoms with van der Waals surface area (Å²) in [6.07, 6.45) is 3.14. The Morgan fingerprint density at radius 3 is 2.33 bits per heavy atom. The molecule has 0 spiro atoms. The summed E-state index contributed by atoms with van der Waals surface area (Å²) in [5.41, 5.74) is 4.98. The summed E-state index contributed by atoms with van der Waals surface area (Å²) in [6, 6.07) is 12.0. The molecule has 10 nitrogen and oxygen atoms in total.